The molecule has 5 nitrogen and oxygen atoms in total. The van der Waals surface area contributed by atoms with Gasteiger partial charge in [-0.15, -0.1) is 0 Å². The fraction of sp³-hybridized carbons (Fsp3) is 0.286. The van der Waals surface area contributed by atoms with Crippen LogP contribution in [0.4, 0.5) is 16.2 Å². The summed E-state index contributed by atoms with van der Waals surface area (Å²) in [6, 6.07) is 5.92. The minimum absolute atomic E-state index is 0.0265. The normalized spacial score (nSPS) is 23.0. The second-order valence-corrected chi connectivity index (χ2v) is 8.31. The van der Waals surface area contributed by atoms with Crippen LogP contribution < -0.4 is 14.5 Å². The number of hydrogen-bond donors (Lipinski definition) is 0. The maximum atomic E-state index is 11.9. The van der Waals surface area contributed by atoms with Crippen LogP contribution in [0.1, 0.15) is 0 Å². The quantitative estimate of drug-likeness (QED) is 0.453. The summed E-state index contributed by atoms with van der Waals surface area (Å²) >= 11 is 2.21. The molecule has 0 N–H and O–H groups in total. The molecule has 1 saturated heterocycles. The molecule has 3 aliphatic heterocycles. The van der Waals surface area contributed by atoms with E-state index in [0.29, 0.717) is 13.2 Å². The van der Waals surface area contributed by atoms with Crippen molar-refractivity contribution in [1.82, 2.24) is 0 Å². The number of hydrogen-bond acceptors (Lipinski definition) is 4. The molecule has 0 unspecified atom stereocenters. The van der Waals surface area contributed by atoms with E-state index < -0.39 is 0 Å². The van der Waals surface area contributed by atoms with Crippen LogP contribution in [-0.4, -0.2) is 33.4 Å². The Bertz CT molecular complexity index is 674. The highest BCUT2D eigenvalue weighted by molar-refractivity contribution is 14.2. The number of amides is 1. The Kier molecular flexibility index (Phi) is 3.56. The van der Waals surface area contributed by atoms with E-state index in [9.17, 15) is 4.79 Å². The zero-order chi connectivity index (χ0) is 14.4. The number of carbonyl (C=O) groups excluding carboxylic acids is 1. The number of nitrogens with zero attached hydrogens (tertiary/aromatic N) is 2. The van der Waals surface area contributed by atoms with Gasteiger partial charge in [-0.1, -0.05) is 43.3 Å². The number of rotatable bonds is 2. The molecule has 0 aliphatic carbocycles. The van der Waals surface area contributed by atoms with Gasteiger partial charge in [0.1, 0.15) is 18.5 Å². The second-order valence-electron chi connectivity index (χ2n) is 4.84. The molecule has 0 aromatic heterocycles. The summed E-state index contributed by atoms with van der Waals surface area (Å²) in [5.74, 6) is 0.831. The Morgan fingerprint density at radius 1 is 1.43 bits per heavy atom. The summed E-state index contributed by atoms with van der Waals surface area (Å²) < 4.78 is 15.6. The zero-order valence-electron chi connectivity index (χ0n) is 11.0. The SMILES string of the molecule is O=C1O[C@@H](CI)CN1c1ccc2c(c1)OCC1=IC=CN12. The first-order valence-electron chi connectivity index (χ1n) is 6.52. The van der Waals surface area contributed by atoms with Gasteiger partial charge in [0.2, 0.25) is 0 Å². The summed E-state index contributed by atoms with van der Waals surface area (Å²) in [5, 5.41) is 0. The van der Waals surface area contributed by atoms with Gasteiger partial charge in [0.15, 0.2) is 0 Å². The first kappa shape index (κ1) is 13.8. The van der Waals surface area contributed by atoms with Crippen molar-refractivity contribution in [3.8, 4) is 5.75 Å². The van der Waals surface area contributed by atoms with E-state index in [-0.39, 0.29) is 32.9 Å². The van der Waals surface area contributed by atoms with Crippen molar-refractivity contribution in [3.05, 3.63) is 28.5 Å². The van der Waals surface area contributed by atoms with Gasteiger partial charge in [0, 0.05) is 16.7 Å². The Balaban J connectivity index is 1.66. The number of carbonyl (C=O) groups is 1. The van der Waals surface area contributed by atoms with Crippen LogP contribution in [0.15, 0.2) is 28.5 Å². The van der Waals surface area contributed by atoms with Crippen LogP contribution in [0.2, 0.25) is 0 Å². The summed E-state index contributed by atoms with van der Waals surface area (Å²) in [6.07, 6.45) is 1.83. The number of cyclic esters (lactones) is 1. The molecule has 1 aromatic rings. The van der Waals surface area contributed by atoms with Gasteiger partial charge < -0.3 is 14.4 Å². The summed E-state index contributed by atoms with van der Waals surface area (Å²) in [6.45, 7) is 1.25. The van der Waals surface area contributed by atoms with Gasteiger partial charge >= 0.3 is 6.09 Å². The van der Waals surface area contributed by atoms with E-state index >= 15 is 0 Å². The zero-order valence-corrected chi connectivity index (χ0v) is 15.3. The van der Waals surface area contributed by atoms with E-state index in [1.54, 1.807) is 4.90 Å². The Morgan fingerprint density at radius 2 is 2.33 bits per heavy atom. The minimum atomic E-state index is -0.272. The van der Waals surface area contributed by atoms with Crippen molar-refractivity contribution >= 4 is 64.4 Å². The molecular weight excluding hydrogens is 498 g/mol. The van der Waals surface area contributed by atoms with Crippen LogP contribution in [-0.2, 0) is 4.74 Å². The Labute approximate surface area is 145 Å². The standard InChI is InChI=1S/C14H12I2N2O3/c15-6-10-7-18(14(19)21-10)9-1-2-11-12(5-9)20-8-13-16-3-4-17(11)13/h1-5,10H,6-8H2/t10-/m0/s1. The van der Waals surface area contributed by atoms with Crippen LogP contribution in [0.5, 0.6) is 5.75 Å². The van der Waals surface area contributed by atoms with Crippen molar-refractivity contribution in [2.45, 2.75) is 6.10 Å². The van der Waals surface area contributed by atoms with E-state index in [1.165, 1.54) is 3.63 Å². The van der Waals surface area contributed by atoms with Gasteiger partial charge in [0.05, 0.1) is 21.6 Å². The van der Waals surface area contributed by atoms with E-state index in [4.69, 9.17) is 9.47 Å². The molecule has 1 fully saturated rings. The topological polar surface area (TPSA) is 42.0 Å². The summed E-state index contributed by atoms with van der Waals surface area (Å²) in [5.41, 5.74) is 1.90. The first-order chi connectivity index (χ1) is 10.3. The third-order valence-corrected chi connectivity index (χ3v) is 6.78. The highest BCUT2D eigenvalue weighted by Gasteiger charge is 2.33. The van der Waals surface area contributed by atoms with E-state index in [2.05, 4.69) is 37.8 Å². The van der Waals surface area contributed by atoms with Gasteiger partial charge in [-0.25, -0.2) is 4.79 Å². The van der Waals surface area contributed by atoms with Gasteiger partial charge in [0.25, 0.3) is 0 Å². The lowest BCUT2D eigenvalue weighted by Gasteiger charge is -2.29. The molecule has 3 aliphatic rings. The Morgan fingerprint density at radius 3 is 3.14 bits per heavy atom. The largest absolute Gasteiger partial charge is 0.485 e. The molecule has 0 saturated carbocycles. The molecule has 3 heterocycles. The van der Waals surface area contributed by atoms with Crippen molar-refractivity contribution in [1.29, 1.82) is 0 Å². The maximum Gasteiger partial charge on any atom is 0.414 e. The first-order valence-corrected chi connectivity index (χ1v) is 10.4. The molecule has 0 spiro atoms. The number of alkyl halides is 1. The van der Waals surface area contributed by atoms with Crippen molar-refractivity contribution < 1.29 is 14.3 Å². The number of fused-ring (bicyclic) bond motifs is 3. The molecular formula is C14H12I2N2O3. The number of benzene rings is 1. The van der Waals surface area contributed by atoms with Crippen molar-refractivity contribution in [2.24, 2.45) is 0 Å². The number of anilines is 2. The van der Waals surface area contributed by atoms with Crippen LogP contribution in [0.3, 0.4) is 0 Å². The third kappa shape index (κ3) is 2.33. The molecule has 7 heteroatoms. The van der Waals surface area contributed by atoms with Crippen molar-refractivity contribution in [3.63, 3.8) is 0 Å². The lowest BCUT2D eigenvalue weighted by Crippen LogP contribution is -2.32. The smallest absolute Gasteiger partial charge is 0.414 e. The van der Waals surface area contributed by atoms with Gasteiger partial charge in [-0.05, 0) is 16.2 Å². The maximum absolute atomic E-state index is 11.9. The highest BCUT2D eigenvalue weighted by Crippen LogP contribution is 2.39. The van der Waals surface area contributed by atoms with Gasteiger partial charge in [-0.3, -0.25) is 4.90 Å². The molecule has 21 heavy (non-hydrogen) atoms. The predicted octanol–water partition coefficient (Wildman–Crippen LogP) is 3.23. The van der Waals surface area contributed by atoms with E-state index in [1.807, 2.05) is 18.2 Å². The fourth-order valence-electron chi connectivity index (χ4n) is 2.54. The molecule has 0 bridgehead atoms. The molecule has 1 aromatic carbocycles. The Hall–Kier alpha value is -0.840. The second kappa shape index (κ2) is 5.41. The van der Waals surface area contributed by atoms with Crippen LogP contribution >= 0.6 is 43.3 Å². The molecule has 110 valence electrons. The highest BCUT2D eigenvalue weighted by atomic mass is 127. The molecule has 0 radical (unpaired) electrons. The number of halogens is 2. The average Bonchev–Trinajstić information content (AvgIpc) is 3.12. The minimum Gasteiger partial charge on any atom is -0.485 e. The molecule has 1 amide bonds. The van der Waals surface area contributed by atoms with Crippen molar-refractivity contribution in [2.75, 3.05) is 27.4 Å². The monoisotopic (exact) mass is 510 g/mol. The molecule has 4 rings (SSSR count). The fourth-order valence-corrected chi connectivity index (χ4v) is 4.95. The van der Waals surface area contributed by atoms with Gasteiger partial charge in [-0.2, -0.15) is 0 Å². The lowest BCUT2D eigenvalue weighted by molar-refractivity contribution is 0.153. The van der Waals surface area contributed by atoms with E-state index in [0.717, 1.165) is 21.6 Å². The molecule has 1 atom stereocenters. The van der Waals surface area contributed by atoms with Crippen LogP contribution in [0.25, 0.3) is 0 Å². The summed E-state index contributed by atoms with van der Waals surface area (Å²) in [7, 11) is 0. The predicted molar refractivity (Wildman–Crippen MR) is 99.1 cm³/mol. The summed E-state index contributed by atoms with van der Waals surface area (Å²) in [4.78, 5) is 15.8. The third-order valence-electron chi connectivity index (χ3n) is 3.56. The van der Waals surface area contributed by atoms with Crippen LogP contribution in [0, 0.1) is 0 Å². The average molecular weight is 510 g/mol. The lowest BCUT2D eigenvalue weighted by atomic mass is 10.2. The number of ether oxygens (including phenoxy) is 2.